The molecule has 0 aromatic carbocycles. The molecule has 2 aliphatic rings. The Kier molecular flexibility index (Phi) is 10.6. The Morgan fingerprint density at radius 3 is 2.45 bits per heavy atom. The highest BCUT2D eigenvalue weighted by atomic mass is 16.4. The monoisotopic (exact) mass is 438 g/mol. The molecule has 0 aromatic rings. The highest BCUT2D eigenvalue weighted by molar-refractivity contribution is 5.90. The number of carboxylic acids is 1. The number of hydrogen-bond donors (Lipinski definition) is 5. The van der Waals surface area contributed by atoms with Gasteiger partial charge in [0.15, 0.2) is 5.96 Å². The van der Waals surface area contributed by atoms with Gasteiger partial charge in [-0.2, -0.15) is 0 Å². The van der Waals surface area contributed by atoms with Gasteiger partial charge in [-0.3, -0.25) is 24.7 Å². The van der Waals surface area contributed by atoms with Gasteiger partial charge in [-0.15, -0.1) is 0 Å². The predicted molar refractivity (Wildman–Crippen MR) is 118 cm³/mol. The maximum atomic E-state index is 13.4. The number of aliphatic imine (C=N–C) groups is 1. The summed E-state index contributed by atoms with van der Waals surface area (Å²) in [4.78, 5) is 42.8. The lowest BCUT2D eigenvalue weighted by Crippen LogP contribution is -2.57. The molecule has 1 saturated carbocycles. The number of nitrogens with zero attached hydrogens (tertiary/aromatic N) is 2. The number of aliphatic carboxylic acids is 1. The van der Waals surface area contributed by atoms with Gasteiger partial charge in [-0.05, 0) is 38.0 Å². The van der Waals surface area contributed by atoms with Crippen LogP contribution >= 0.6 is 0 Å². The SMILES string of the molecule is NC(N)=NCCCNC(=O)[C@@H]1CCCCN1C(=O)[C@H](CC1CCCCC1)NCC(=O)O. The Bertz CT molecular complexity index is 631. The van der Waals surface area contributed by atoms with E-state index >= 15 is 0 Å². The predicted octanol–water partition coefficient (Wildman–Crippen LogP) is 0.160. The summed E-state index contributed by atoms with van der Waals surface area (Å²) >= 11 is 0. The van der Waals surface area contributed by atoms with Gasteiger partial charge in [-0.1, -0.05) is 32.1 Å². The largest absolute Gasteiger partial charge is 0.480 e. The van der Waals surface area contributed by atoms with Crippen molar-refractivity contribution in [3.05, 3.63) is 0 Å². The van der Waals surface area contributed by atoms with E-state index in [1.807, 2.05) is 0 Å². The number of carbonyl (C=O) groups is 3. The van der Waals surface area contributed by atoms with Crippen LogP contribution in [0.2, 0.25) is 0 Å². The van der Waals surface area contributed by atoms with Crippen molar-refractivity contribution in [1.82, 2.24) is 15.5 Å². The van der Waals surface area contributed by atoms with Crippen LogP contribution in [0.25, 0.3) is 0 Å². The Morgan fingerprint density at radius 1 is 1.06 bits per heavy atom. The zero-order valence-electron chi connectivity index (χ0n) is 18.4. The summed E-state index contributed by atoms with van der Waals surface area (Å²) < 4.78 is 0. The standard InChI is InChI=1S/C21H38N6O4/c22-21(23)25-11-6-10-24-19(30)17-9-4-5-12-27(17)20(31)16(26-14-18(28)29)13-15-7-2-1-3-8-15/h15-17,26H,1-14H2,(H,24,30)(H,28,29)(H4,22,23,25)/t16-,17-/m0/s1. The molecule has 0 radical (unpaired) electrons. The molecule has 10 heteroatoms. The topological polar surface area (TPSA) is 163 Å². The molecule has 0 spiro atoms. The summed E-state index contributed by atoms with van der Waals surface area (Å²) in [6.07, 6.45) is 9.22. The van der Waals surface area contributed by atoms with Gasteiger partial charge < -0.3 is 26.8 Å². The molecule has 2 amide bonds. The average molecular weight is 439 g/mol. The number of carboxylic acid groups (broad SMARTS) is 1. The lowest BCUT2D eigenvalue weighted by Gasteiger charge is -2.38. The first-order chi connectivity index (χ1) is 14.9. The van der Waals surface area contributed by atoms with Crippen molar-refractivity contribution in [3.8, 4) is 0 Å². The van der Waals surface area contributed by atoms with Crippen LogP contribution in [0.15, 0.2) is 4.99 Å². The van der Waals surface area contributed by atoms with Crippen LogP contribution in [0.3, 0.4) is 0 Å². The number of carbonyl (C=O) groups excluding carboxylic acids is 2. The minimum atomic E-state index is -0.991. The molecule has 2 atom stereocenters. The minimum absolute atomic E-state index is 0.0215. The minimum Gasteiger partial charge on any atom is -0.480 e. The third kappa shape index (κ3) is 8.72. The molecule has 1 heterocycles. The second kappa shape index (κ2) is 13.1. The number of nitrogens with one attached hydrogen (secondary N) is 2. The van der Waals surface area contributed by atoms with E-state index in [0.29, 0.717) is 44.8 Å². The van der Waals surface area contributed by atoms with Crippen molar-refractivity contribution >= 4 is 23.7 Å². The molecular weight excluding hydrogens is 400 g/mol. The van der Waals surface area contributed by atoms with Crippen LogP contribution in [-0.2, 0) is 14.4 Å². The van der Waals surface area contributed by atoms with E-state index in [1.165, 1.54) is 6.42 Å². The van der Waals surface area contributed by atoms with Gasteiger partial charge in [0.05, 0.1) is 12.6 Å². The normalized spacial score (nSPS) is 20.6. The zero-order valence-corrected chi connectivity index (χ0v) is 18.4. The molecule has 0 bridgehead atoms. The van der Waals surface area contributed by atoms with Crippen LogP contribution in [0, 0.1) is 5.92 Å². The smallest absolute Gasteiger partial charge is 0.317 e. The first-order valence-electron chi connectivity index (χ1n) is 11.5. The fourth-order valence-electron chi connectivity index (χ4n) is 4.52. The number of piperidine rings is 1. The molecule has 1 aliphatic heterocycles. The lowest BCUT2D eigenvalue weighted by atomic mass is 9.84. The van der Waals surface area contributed by atoms with E-state index in [9.17, 15) is 14.4 Å². The number of likely N-dealkylation sites (tertiary alicyclic amines) is 1. The molecule has 31 heavy (non-hydrogen) atoms. The lowest BCUT2D eigenvalue weighted by molar-refractivity contribution is -0.145. The summed E-state index contributed by atoms with van der Waals surface area (Å²) in [5.74, 6) is -0.889. The van der Waals surface area contributed by atoms with E-state index in [0.717, 1.165) is 38.5 Å². The summed E-state index contributed by atoms with van der Waals surface area (Å²) in [7, 11) is 0. The molecule has 10 nitrogen and oxygen atoms in total. The highest BCUT2D eigenvalue weighted by Crippen LogP contribution is 2.28. The van der Waals surface area contributed by atoms with E-state index < -0.39 is 18.1 Å². The van der Waals surface area contributed by atoms with Gasteiger partial charge in [0.1, 0.15) is 6.04 Å². The third-order valence-electron chi connectivity index (χ3n) is 6.11. The van der Waals surface area contributed by atoms with Crippen LogP contribution in [0.1, 0.15) is 64.2 Å². The maximum Gasteiger partial charge on any atom is 0.317 e. The molecule has 0 aromatic heterocycles. The van der Waals surface area contributed by atoms with Crippen LogP contribution in [0.5, 0.6) is 0 Å². The number of guanidine groups is 1. The number of nitrogens with two attached hydrogens (primary N) is 2. The molecule has 1 saturated heterocycles. The molecule has 2 fully saturated rings. The Balaban J connectivity index is 1.98. The first kappa shape index (κ1) is 24.9. The summed E-state index contributed by atoms with van der Waals surface area (Å²) in [6.45, 7) is 1.11. The first-order valence-corrected chi connectivity index (χ1v) is 11.5. The molecular formula is C21H38N6O4. The Hall–Kier alpha value is -2.36. The quantitative estimate of drug-likeness (QED) is 0.174. The second-order valence-corrected chi connectivity index (χ2v) is 8.56. The van der Waals surface area contributed by atoms with Crippen LogP contribution < -0.4 is 22.1 Å². The fourth-order valence-corrected chi connectivity index (χ4v) is 4.52. The van der Waals surface area contributed by atoms with Crippen molar-refractivity contribution in [2.24, 2.45) is 22.4 Å². The average Bonchev–Trinajstić information content (AvgIpc) is 2.76. The third-order valence-corrected chi connectivity index (χ3v) is 6.11. The summed E-state index contributed by atoms with van der Waals surface area (Å²) in [5.41, 5.74) is 10.6. The van der Waals surface area contributed by atoms with Crippen molar-refractivity contribution in [1.29, 1.82) is 0 Å². The molecule has 0 unspecified atom stereocenters. The number of hydrogen-bond acceptors (Lipinski definition) is 5. The van der Waals surface area contributed by atoms with Crippen molar-refractivity contribution < 1.29 is 19.5 Å². The number of rotatable bonds is 11. The second-order valence-electron chi connectivity index (χ2n) is 8.56. The molecule has 176 valence electrons. The van der Waals surface area contributed by atoms with Crippen molar-refractivity contribution in [2.75, 3.05) is 26.2 Å². The maximum absolute atomic E-state index is 13.4. The van der Waals surface area contributed by atoms with Gasteiger partial charge in [0, 0.05) is 19.6 Å². The molecule has 2 rings (SSSR count). The van der Waals surface area contributed by atoms with Gasteiger partial charge >= 0.3 is 5.97 Å². The van der Waals surface area contributed by atoms with Gasteiger partial charge in [-0.25, -0.2) is 0 Å². The highest BCUT2D eigenvalue weighted by Gasteiger charge is 2.36. The Labute approximate surface area is 184 Å². The Morgan fingerprint density at radius 2 is 1.77 bits per heavy atom. The van der Waals surface area contributed by atoms with Crippen LogP contribution in [-0.4, -0.2) is 72.0 Å². The molecule has 1 aliphatic carbocycles. The van der Waals surface area contributed by atoms with Crippen molar-refractivity contribution in [2.45, 2.75) is 76.3 Å². The van der Waals surface area contributed by atoms with Crippen molar-refractivity contribution in [3.63, 3.8) is 0 Å². The molecule has 7 N–H and O–H groups in total. The van der Waals surface area contributed by atoms with E-state index in [2.05, 4.69) is 15.6 Å². The van der Waals surface area contributed by atoms with E-state index in [4.69, 9.17) is 16.6 Å². The summed E-state index contributed by atoms with van der Waals surface area (Å²) in [5, 5.41) is 14.9. The van der Waals surface area contributed by atoms with Crippen LogP contribution in [0.4, 0.5) is 0 Å². The zero-order chi connectivity index (χ0) is 22.6. The number of amides is 2. The van der Waals surface area contributed by atoms with E-state index in [-0.39, 0.29) is 24.3 Å². The fraction of sp³-hybridized carbons (Fsp3) is 0.810. The summed E-state index contributed by atoms with van der Waals surface area (Å²) in [6, 6.07) is -1.10. The van der Waals surface area contributed by atoms with Gasteiger partial charge in [0.2, 0.25) is 11.8 Å². The van der Waals surface area contributed by atoms with Gasteiger partial charge in [0.25, 0.3) is 0 Å². The van der Waals surface area contributed by atoms with E-state index in [1.54, 1.807) is 4.90 Å².